The van der Waals surface area contributed by atoms with Crippen molar-refractivity contribution in [3.05, 3.63) is 34.3 Å². The van der Waals surface area contributed by atoms with Gasteiger partial charge in [0.1, 0.15) is 0 Å². The Hall–Kier alpha value is -0.380. The Bertz CT molecular complexity index is 378. The van der Waals surface area contributed by atoms with Gasteiger partial charge in [-0.1, -0.05) is 28.1 Å². The molecule has 1 aromatic carbocycles. The second-order valence-electron chi connectivity index (χ2n) is 5.02. The largest absolute Gasteiger partial charge is 0.365 e. The van der Waals surface area contributed by atoms with E-state index in [0.29, 0.717) is 6.04 Å². The lowest BCUT2D eigenvalue weighted by atomic mass is 9.97. The number of nitrogens with one attached hydrogen (secondary N) is 1. The van der Waals surface area contributed by atoms with Crippen LogP contribution in [-0.2, 0) is 4.74 Å². The average Bonchev–Trinajstić information content (AvgIpc) is 2.22. The van der Waals surface area contributed by atoms with Crippen molar-refractivity contribution in [2.24, 2.45) is 0 Å². The third-order valence-electron chi connectivity index (χ3n) is 2.93. The summed E-state index contributed by atoms with van der Waals surface area (Å²) in [6.45, 7) is 7.31. The minimum atomic E-state index is -0.0977. The van der Waals surface area contributed by atoms with E-state index in [4.69, 9.17) is 4.74 Å². The lowest BCUT2D eigenvalue weighted by molar-refractivity contribution is -0.114. The fraction of sp³-hybridized carbons (Fsp3) is 0.538. The maximum absolute atomic E-state index is 6.14. The first-order valence-electron chi connectivity index (χ1n) is 5.65. The predicted octanol–water partition coefficient (Wildman–Crippen LogP) is 3.28. The van der Waals surface area contributed by atoms with Crippen molar-refractivity contribution in [1.82, 2.24) is 5.32 Å². The van der Waals surface area contributed by atoms with Crippen molar-refractivity contribution >= 4 is 15.9 Å². The molecule has 1 saturated heterocycles. The molecule has 2 rings (SSSR count). The Morgan fingerprint density at radius 3 is 2.88 bits per heavy atom. The standard InChI is InChI=1S/C13H18BrNO/c1-9-12(16-13(2,3)8-15-9)10-5-4-6-11(14)7-10/h4-7,9,12,15H,8H2,1-3H3. The average molecular weight is 284 g/mol. The van der Waals surface area contributed by atoms with E-state index in [9.17, 15) is 0 Å². The van der Waals surface area contributed by atoms with Crippen LogP contribution in [0.3, 0.4) is 0 Å². The number of halogens is 1. The molecule has 1 fully saturated rings. The number of ether oxygens (including phenoxy) is 1. The predicted molar refractivity (Wildman–Crippen MR) is 69.5 cm³/mol. The highest BCUT2D eigenvalue weighted by Crippen LogP contribution is 2.31. The fourth-order valence-corrected chi connectivity index (χ4v) is 2.46. The van der Waals surface area contributed by atoms with E-state index in [1.54, 1.807) is 0 Å². The second-order valence-corrected chi connectivity index (χ2v) is 5.94. The quantitative estimate of drug-likeness (QED) is 0.854. The van der Waals surface area contributed by atoms with Crippen molar-refractivity contribution < 1.29 is 4.74 Å². The van der Waals surface area contributed by atoms with Gasteiger partial charge < -0.3 is 10.1 Å². The summed E-state index contributed by atoms with van der Waals surface area (Å²) in [4.78, 5) is 0. The van der Waals surface area contributed by atoms with Crippen molar-refractivity contribution in [1.29, 1.82) is 0 Å². The summed E-state index contributed by atoms with van der Waals surface area (Å²) in [5.41, 5.74) is 1.13. The number of benzene rings is 1. The molecule has 1 aliphatic heterocycles. The topological polar surface area (TPSA) is 21.3 Å². The zero-order chi connectivity index (χ0) is 11.8. The molecular formula is C13H18BrNO. The van der Waals surface area contributed by atoms with E-state index < -0.39 is 0 Å². The van der Waals surface area contributed by atoms with Crippen LogP contribution in [0.1, 0.15) is 32.4 Å². The summed E-state index contributed by atoms with van der Waals surface area (Å²) in [6, 6.07) is 8.69. The number of hydrogen-bond acceptors (Lipinski definition) is 2. The zero-order valence-electron chi connectivity index (χ0n) is 9.96. The van der Waals surface area contributed by atoms with Gasteiger partial charge in [-0.15, -0.1) is 0 Å². The minimum absolute atomic E-state index is 0.0977. The molecule has 2 unspecified atom stereocenters. The van der Waals surface area contributed by atoms with Gasteiger partial charge in [0.15, 0.2) is 0 Å². The fourth-order valence-electron chi connectivity index (χ4n) is 2.04. The van der Waals surface area contributed by atoms with E-state index in [1.807, 2.05) is 6.07 Å². The Balaban J connectivity index is 2.25. The molecule has 0 aromatic heterocycles. The molecule has 0 aliphatic carbocycles. The van der Waals surface area contributed by atoms with Crippen LogP contribution in [0.5, 0.6) is 0 Å². The van der Waals surface area contributed by atoms with Gasteiger partial charge in [-0.3, -0.25) is 0 Å². The van der Waals surface area contributed by atoms with Gasteiger partial charge in [-0.05, 0) is 38.5 Å². The first-order chi connectivity index (χ1) is 7.48. The van der Waals surface area contributed by atoms with Crippen LogP contribution in [0.2, 0.25) is 0 Å². The van der Waals surface area contributed by atoms with Crippen LogP contribution in [0.25, 0.3) is 0 Å². The van der Waals surface area contributed by atoms with Gasteiger partial charge in [0.05, 0.1) is 11.7 Å². The summed E-state index contributed by atoms with van der Waals surface area (Å²) in [5, 5.41) is 3.50. The highest BCUT2D eigenvalue weighted by molar-refractivity contribution is 9.10. The summed E-state index contributed by atoms with van der Waals surface area (Å²) < 4.78 is 7.24. The van der Waals surface area contributed by atoms with Crippen LogP contribution in [0.15, 0.2) is 28.7 Å². The summed E-state index contributed by atoms with van der Waals surface area (Å²) in [7, 11) is 0. The Morgan fingerprint density at radius 2 is 2.19 bits per heavy atom. The molecular weight excluding hydrogens is 266 g/mol. The molecule has 0 spiro atoms. The molecule has 0 amide bonds. The van der Waals surface area contributed by atoms with Crippen molar-refractivity contribution in [2.45, 2.75) is 38.5 Å². The molecule has 16 heavy (non-hydrogen) atoms. The number of rotatable bonds is 1. The third kappa shape index (κ3) is 2.65. The van der Waals surface area contributed by atoms with E-state index in [0.717, 1.165) is 11.0 Å². The lowest BCUT2D eigenvalue weighted by Gasteiger charge is -2.41. The second kappa shape index (κ2) is 4.47. The van der Waals surface area contributed by atoms with Crippen LogP contribution in [0, 0.1) is 0 Å². The Morgan fingerprint density at radius 1 is 1.44 bits per heavy atom. The molecule has 2 atom stereocenters. The summed E-state index contributed by atoms with van der Waals surface area (Å²) in [6.07, 6.45) is 0.126. The van der Waals surface area contributed by atoms with E-state index in [2.05, 4.69) is 60.2 Å². The monoisotopic (exact) mass is 283 g/mol. The van der Waals surface area contributed by atoms with E-state index in [1.165, 1.54) is 5.56 Å². The minimum Gasteiger partial charge on any atom is -0.365 e. The molecule has 0 radical (unpaired) electrons. The third-order valence-corrected chi connectivity index (χ3v) is 3.42. The SMILES string of the molecule is CC1NCC(C)(C)OC1c1cccc(Br)c1. The highest BCUT2D eigenvalue weighted by atomic mass is 79.9. The van der Waals surface area contributed by atoms with Crippen molar-refractivity contribution in [3.8, 4) is 0 Å². The highest BCUT2D eigenvalue weighted by Gasteiger charge is 2.33. The van der Waals surface area contributed by atoms with Gasteiger partial charge in [0.2, 0.25) is 0 Å². The van der Waals surface area contributed by atoms with Gasteiger partial charge >= 0.3 is 0 Å². The smallest absolute Gasteiger partial charge is 0.0983 e. The Labute approximate surface area is 106 Å². The zero-order valence-corrected chi connectivity index (χ0v) is 11.5. The molecule has 0 bridgehead atoms. The number of hydrogen-bond donors (Lipinski definition) is 1. The van der Waals surface area contributed by atoms with Crippen molar-refractivity contribution in [2.75, 3.05) is 6.54 Å². The first-order valence-corrected chi connectivity index (χ1v) is 6.44. The molecule has 1 aliphatic rings. The first kappa shape index (κ1) is 12.1. The molecule has 1 N–H and O–H groups in total. The lowest BCUT2D eigenvalue weighted by Crippen LogP contribution is -2.51. The summed E-state index contributed by atoms with van der Waals surface area (Å²) in [5.74, 6) is 0. The van der Waals surface area contributed by atoms with Gasteiger partial charge in [-0.25, -0.2) is 0 Å². The number of morpholine rings is 1. The van der Waals surface area contributed by atoms with Crippen LogP contribution >= 0.6 is 15.9 Å². The molecule has 3 heteroatoms. The molecule has 2 nitrogen and oxygen atoms in total. The van der Waals surface area contributed by atoms with Gasteiger partial charge in [-0.2, -0.15) is 0 Å². The van der Waals surface area contributed by atoms with Gasteiger partial charge in [0, 0.05) is 17.1 Å². The van der Waals surface area contributed by atoms with Crippen molar-refractivity contribution in [3.63, 3.8) is 0 Å². The normalized spacial score (nSPS) is 29.0. The molecule has 88 valence electrons. The summed E-state index contributed by atoms with van der Waals surface area (Å²) >= 11 is 3.50. The maximum atomic E-state index is 6.14. The van der Waals surface area contributed by atoms with Crippen LogP contribution in [0.4, 0.5) is 0 Å². The Kier molecular flexibility index (Phi) is 3.38. The van der Waals surface area contributed by atoms with Gasteiger partial charge in [0.25, 0.3) is 0 Å². The van der Waals surface area contributed by atoms with Crippen LogP contribution in [-0.4, -0.2) is 18.2 Å². The molecule has 1 aromatic rings. The van der Waals surface area contributed by atoms with E-state index in [-0.39, 0.29) is 11.7 Å². The van der Waals surface area contributed by atoms with E-state index >= 15 is 0 Å². The maximum Gasteiger partial charge on any atom is 0.0983 e. The van der Waals surface area contributed by atoms with Crippen LogP contribution < -0.4 is 5.32 Å². The molecule has 0 saturated carbocycles. The molecule has 1 heterocycles.